The van der Waals surface area contributed by atoms with Crippen LogP contribution in [0.5, 0.6) is 5.88 Å². The number of amides is 1. The van der Waals surface area contributed by atoms with E-state index in [2.05, 4.69) is 25.5 Å². The van der Waals surface area contributed by atoms with E-state index in [0.717, 1.165) is 11.1 Å². The fourth-order valence-corrected chi connectivity index (χ4v) is 2.33. The van der Waals surface area contributed by atoms with Crippen molar-refractivity contribution in [1.82, 2.24) is 25.5 Å². The molecule has 0 bridgehead atoms. The molecule has 0 aromatic carbocycles. The predicted molar refractivity (Wildman–Crippen MR) is 93.0 cm³/mol. The number of nitrogens with zero attached hydrogens (tertiary/aromatic N) is 3. The van der Waals surface area contributed by atoms with Crippen LogP contribution < -0.4 is 10.1 Å². The van der Waals surface area contributed by atoms with E-state index in [9.17, 15) is 4.79 Å². The van der Waals surface area contributed by atoms with Gasteiger partial charge in [-0.25, -0.2) is 4.98 Å². The number of carbonyl (C=O) groups is 1. The first-order chi connectivity index (χ1) is 12.1. The summed E-state index contributed by atoms with van der Waals surface area (Å²) in [6.07, 6.45) is 6.59. The summed E-state index contributed by atoms with van der Waals surface area (Å²) in [5.41, 5.74) is 2.83. The molecule has 0 spiro atoms. The Balaban J connectivity index is 1.69. The second-order valence-electron chi connectivity index (χ2n) is 5.75. The van der Waals surface area contributed by atoms with Crippen LogP contribution in [0, 0.1) is 0 Å². The van der Waals surface area contributed by atoms with Crippen molar-refractivity contribution in [3.63, 3.8) is 0 Å². The molecule has 2 N–H and O–H groups in total. The van der Waals surface area contributed by atoms with E-state index in [1.165, 1.54) is 6.20 Å². The van der Waals surface area contributed by atoms with Crippen molar-refractivity contribution in [3.8, 4) is 17.1 Å². The minimum Gasteiger partial charge on any atom is -0.475 e. The largest absolute Gasteiger partial charge is 0.475 e. The van der Waals surface area contributed by atoms with E-state index in [1.807, 2.05) is 38.1 Å². The number of pyridine rings is 2. The first-order valence-corrected chi connectivity index (χ1v) is 7.97. The lowest BCUT2D eigenvalue weighted by molar-refractivity contribution is 0.0951. The van der Waals surface area contributed by atoms with E-state index < -0.39 is 0 Å². The number of rotatable bonds is 6. The molecule has 3 aromatic rings. The lowest BCUT2D eigenvalue weighted by atomic mass is 10.1. The van der Waals surface area contributed by atoms with Gasteiger partial charge >= 0.3 is 0 Å². The third-order valence-corrected chi connectivity index (χ3v) is 3.44. The van der Waals surface area contributed by atoms with Crippen molar-refractivity contribution in [2.75, 3.05) is 0 Å². The zero-order chi connectivity index (χ0) is 17.6. The Morgan fingerprint density at radius 2 is 2.16 bits per heavy atom. The molecule has 0 saturated carbocycles. The van der Waals surface area contributed by atoms with Gasteiger partial charge < -0.3 is 10.1 Å². The van der Waals surface area contributed by atoms with Crippen molar-refractivity contribution in [1.29, 1.82) is 0 Å². The molecule has 0 aliphatic rings. The monoisotopic (exact) mass is 337 g/mol. The van der Waals surface area contributed by atoms with Gasteiger partial charge in [-0.15, -0.1) is 0 Å². The summed E-state index contributed by atoms with van der Waals surface area (Å²) in [4.78, 5) is 20.7. The predicted octanol–water partition coefficient (Wildman–Crippen LogP) is 2.58. The second kappa shape index (κ2) is 7.57. The van der Waals surface area contributed by atoms with Crippen molar-refractivity contribution in [3.05, 3.63) is 60.2 Å². The summed E-state index contributed by atoms with van der Waals surface area (Å²) in [5, 5.41) is 9.72. The average molecular weight is 337 g/mol. The number of ether oxygens (including phenoxy) is 1. The fraction of sp³-hybridized carbons (Fsp3) is 0.222. The summed E-state index contributed by atoms with van der Waals surface area (Å²) in [5.74, 6) is 0.330. The van der Waals surface area contributed by atoms with Crippen LogP contribution in [-0.4, -0.2) is 32.2 Å². The average Bonchev–Trinajstić information content (AvgIpc) is 3.10. The minimum atomic E-state index is -0.212. The van der Waals surface area contributed by atoms with Crippen molar-refractivity contribution in [2.45, 2.75) is 26.5 Å². The van der Waals surface area contributed by atoms with E-state index in [4.69, 9.17) is 4.74 Å². The van der Waals surface area contributed by atoms with Gasteiger partial charge in [0.05, 0.1) is 23.6 Å². The molecule has 7 nitrogen and oxygen atoms in total. The molecular weight excluding hydrogens is 318 g/mol. The van der Waals surface area contributed by atoms with Gasteiger partial charge in [0.15, 0.2) is 0 Å². The van der Waals surface area contributed by atoms with Crippen LogP contribution in [0.2, 0.25) is 0 Å². The van der Waals surface area contributed by atoms with Crippen molar-refractivity contribution < 1.29 is 9.53 Å². The van der Waals surface area contributed by atoms with Gasteiger partial charge in [-0.3, -0.25) is 14.9 Å². The Bertz CT molecular complexity index is 845. The molecular formula is C18H19N5O2. The summed E-state index contributed by atoms with van der Waals surface area (Å²) in [6, 6.07) is 7.34. The van der Waals surface area contributed by atoms with E-state index in [0.29, 0.717) is 23.7 Å². The second-order valence-corrected chi connectivity index (χ2v) is 5.75. The zero-order valence-corrected chi connectivity index (χ0v) is 14.1. The number of hydrogen-bond acceptors (Lipinski definition) is 5. The fourth-order valence-electron chi connectivity index (χ4n) is 2.33. The maximum atomic E-state index is 12.5. The molecule has 0 unspecified atom stereocenters. The number of H-pyrrole nitrogens is 1. The van der Waals surface area contributed by atoms with Crippen LogP contribution in [0.3, 0.4) is 0 Å². The molecule has 0 fully saturated rings. The maximum Gasteiger partial charge on any atom is 0.255 e. The van der Waals surface area contributed by atoms with Crippen molar-refractivity contribution >= 4 is 5.91 Å². The summed E-state index contributed by atoms with van der Waals surface area (Å²) < 4.78 is 5.57. The van der Waals surface area contributed by atoms with Gasteiger partial charge in [-0.05, 0) is 37.6 Å². The van der Waals surface area contributed by atoms with Crippen LogP contribution in [0.25, 0.3) is 11.3 Å². The topological polar surface area (TPSA) is 92.8 Å². The third kappa shape index (κ3) is 4.20. The summed E-state index contributed by atoms with van der Waals surface area (Å²) in [6.45, 7) is 4.25. The summed E-state index contributed by atoms with van der Waals surface area (Å²) in [7, 11) is 0. The minimum absolute atomic E-state index is 0.0466. The Morgan fingerprint density at radius 3 is 2.92 bits per heavy atom. The molecule has 0 atom stereocenters. The van der Waals surface area contributed by atoms with Gasteiger partial charge in [-0.1, -0.05) is 0 Å². The molecule has 7 heteroatoms. The summed E-state index contributed by atoms with van der Waals surface area (Å²) >= 11 is 0. The highest BCUT2D eigenvalue weighted by molar-refractivity contribution is 5.99. The first kappa shape index (κ1) is 16.6. The number of carbonyl (C=O) groups excluding carboxylic acids is 1. The van der Waals surface area contributed by atoms with Gasteiger partial charge in [-0.2, -0.15) is 5.10 Å². The lowest BCUT2D eigenvalue weighted by Gasteiger charge is -2.10. The van der Waals surface area contributed by atoms with Gasteiger partial charge in [0.25, 0.3) is 5.91 Å². The van der Waals surface area contributed by atoms with E-state index in [-0.39, 0.29) is 12.0 Å². The maximum absolute atomic E-state index is 12.5. The Hall–Kier alpha value is -3.22. The smallest absolute Gasteiger partial charge is 0.255 e. The molecule has 128 valence electrons. The third-order valence-electron chi connectivity index (χ3n) is 3.44. The molecule has 25 heavy (non-hydrogen) atoms. The highest BCUT2D eigenvalue weighted by Crippen LogP contribution is 2.20. The molecule has 3 aromatic heterocycles. The van der Waals surface area contributed by atoms with Crippen LogP contribution in [-0.2, 0) is 6.54 Å². The Labute approximate surface area is 145 Å². The zero-order valence-electron chi connectivity index (χ0n) is 14.1. The molecule has 0 aliphatic carbocycles. The SMILES string of the molecule is CC(C)Oc1cc(CNC(=O)c2cn[nH]c2-c2cccnc2)ccn1. The van der Waals surface area contributed by atoms with E-state index >= 15 is 0 Å². The van der Waals surface area contributed by atoms with Crippen LogP contribution >= 0.6 is 0 Å². The molecule has 1 amide bonds. The number of aromatic amines is 1. The highest BCUT2D eigenvalue weighted by atomic mass is 16.5. The van der Waals surface area contributed by atoms with Gasteiger partial charge in [0.2, 0.25) is 5.88 Å². The van der Waals surface area contributed by atoms with E-state index in [1.54, 1.807) is 18.6 Å². The lowest BCUT2D eigenvalue weighted by Crippen LogP contribution is -2.23. The first-order valence-electron chi connectivity index (χ1n) is 7.97. The molecule has 3 heterocycles. The molecule has 3 rings (SSSR count). The Morgan fingerprint density at radius 1 is 1.28 bits per heavy atom. The van der Waals surface area contributed by atoms with Crippen LogP contribution in [0.1, 0.15) is 29.8 Å². The number of nitrogens with one attached hydrogen (secondary N) is 2. The number of aromatic nitrogens is 4. The number of hydrogen-bond donors (Lipinski definition) is 2. The van der Waals surface area contributed by atoms with Gasteiger partial charge in [0, 0.05) is 36.8 Å². The molecule has 0 saturated heterocycles. The molecule has 0 radical (unpaired) electrons. The van der Waals surface area contributed by atoms with Crippen LogP contribution in [0.15, 0.2) is 49.1 Å². The Kier molecular flexibility index (Phi) is 5.03. The quantitative estimate of drug-likeness (QED) is 0.721. The molecule has 0 aliphatic heterocycles. The van der Waals surface area contributed by atoms with Crippen LogP contribution in [0.4, 0.5) is 0 Å². The normalized spacial score (nSPS) is 10.7. The van der Waals surface area contributed by atoms with Gasteiger partial charge in [0.1, 0.15) is 0 Å². The standard InChI is InChI=1S/C18H19N5O2/c1-12(2)25-16-8-13(5-7-20-16)9-21-18(24)15-11-22-23-17(15)14-4-3-6-19-10-14/h3-8,10-12H,9H2,1-2H3,(H,21,24)(H,22,23). The highest BCUT2D eigenvalue weighted by Gasteiger charge is 2.15. The van der Waals surface area contributed by atoms with Crippen molar-refractivity contribution in [2.24, 2.45) is 0 Å².